The lowest BCUT2D eigenvalue weighted by Gasteiger charge is -2.21. The van der Waals surface area contributed by atoms with Crippen LogP contribution in [0.3, 0.4) is 0 Å². The minimum atomic E-state index is -0.664. The zero-order chi connectivity index (χ0) is 26.1. The molecule has 3 aromatic carbocycles. The van der Waals surface area contributed by atoms with Gasteiger partial charge in [0.25, 0.3) is 11.8 Å². The zero-order valence-electron chi connectivity index (χ0n) is 19.9. The molecule has 0 saturated heterocycles. The van der Waals surface area contributed by atoms with Crippen LogP contribution in [0.15, 0.2) is 77.5 Å². The quantitative estimate of drug-likeness (QED) is 0.147. The van der Waals surface area contributed by atoms with Crippen LogP contribution in [0.25, 0.3) is 6.08 Å². The van der Waals surface area contributed by atoms with E-state index in [9.17, 15) is 19.8 Å². The van der Waals surface area contributed by atoms with Crippen LogP contribution in [-0.4, -0.2) is 41.3 Å². The highest BCUT2D eigenvalue weighted by Gasteiger charge is 2.16. The van der Waals surface area contributed by atoms with Crippen molar-refractivity contribution in [1.82, 2.24) is 10.7 Å². The molecule has 3 aromatic rings. The monoisotopic (exact) mass is 506 g/mol. The molecule has 0 aliphatic rings. The van der Waals surface area contributed by atoms with Gasteiger partial charge in [-0.1, -0.05) is 35.9 Å². The summed E-state index contributed by atoms with van der Waals surface area (Å²) in [6.45, 7) is 5.88. The van der Waals surface area contributed by atoms with Crippen LogP contribution in [-0.2, 0) is 4.79 Å². The van der Waals surface area contributed by atoms with E-state index >= 15 is 0 Å². The topological polar surface area (TPSA) is 114 Å². The van der Waals surface area contributed by atoms with Crippen LogP contribution in [0.1, 0.15) is 35.3 Å². The van der Waals surface area contributed by atoms with Crippen molar-refractivity contribution >= 4 is 41.4 Å². The lowest BCUT2D eigenvalue weighted by atomic mass is 10.1. The molecule has 186 valence electrons. The number of anilines is 1. The van der Waals surface area contributed by atoms with E-state index in [-0.39, 0.29) is 27.8 Å². The van der Waals surface area contributed by atoms with Crippen molar-refractivity contribution in [2.45, 2.75) is 13.8 Å². The number of rotatable bonds is 9. The maximum Gasteiger partial charge on any atom is 0.287 e. The fourth-order valence-corrected chi connectivity index (χ4v) is 3.60. The summed E-state index contributed by atoms with van der Waals surface area (Å²) in [5.74, 6) is -1.79. The van der Waals surface area contributed by atoms with E-state index in [2.05, 4.69) is 34.6 Å². The van der Waals surface area contributed by atoms with Gasteiger partial charge in [0.15, 0.2) is 11.5 Å². The van der Waals surface area contributed by atoms with Gasteiger partial charge in [0, 0.05) is 18.8 Å². The first-order valence-electron chi connectivity index (χ1n) is 11.3. The van der Waals surface area contributed by atoms with Crippen molar-refractivity contribution in [2.24, 2.45) is 5.10 Å². The van der Waals surface area contributed by atoms with Gasteiger partial charge in [-0.2, -0.15) is 5.10 Å². The Labute approximate surface area is 214 Å². The molecular formula is C27H27ClN4O4. The summed E-state index contributed by atoms with van der Waals surface area (Å²) >= 11 is 6.14. The summed E-state index contributed by atoms with van der Waals surface area (Å²) in [4.78, 5) is 28.0. The molecule has 0 aliphatic carbocycles. The third-order valence-corrected chi connectivity index (χ3v) is 5.65. The number of nitrogens with zero attached hydrogens (tertiary/aromatic N) is 2. The number of aromatic hydroxyl groups is 2. The van der Waals surface area contributed by atoms with E-state index in [1.54, 1.807) is 24.3 Å². The third-order valence-electron chi connectivity index (χ3n) is 5.32. The Kier molecular flexibility index (Phi) is 9.07. The Balaban J connectivity index is 1.85. The normalized spacial score (nSPS) is 11.4. The molecule has 0 unspecified atom stereocenters. The molecule has 0 saturated carbocycles. The van der Waals surface area contributed by atoms with Gasteiger partial charge in [0.2, 0.25) is 0 Å². The number of nitrogens with one attached hydrogen (secondary N) is 2. The number of amides is 2. The average molecular weight is 507 g/mol. The van der Waals surface area contributed by atoms with Gasteiger partial charge in [0.05, 0.1) is 16.8 Å². The summed E-state index contributed by atoms with van der Waals surface area (Å²) in [5, 5.41) is 25.8. The fraction of sp³-hybridized carbons (Fsp3) is 0.148. The first-order chi connectivity index (χ1) is 17.3. The first-order valence-corrected chi connectivity index (χ1v) is 11.7. The molecule has 0 spiro atoms. The molecule has 0 atom stereocenters. The number of phenolic OH excluding ortho intramolecular Hbond substituents is 2. The number of hydrogen-bond acceptors (Lipinski definition) is 6. The highest BCUT2D eigenvalue weighted by molar-refractivity contribution is 6.34. The van der Waals surface area contributed by atoms with E-state index in [0.717, 1.165) is 18.8 Å². The number of hydrazone groups is 1. The molecule has 0 aromatic heterocycles. The number of benzene rings is 3. The second-order valence-corrected chi connectivity index (χ2v) is 8.11. The van der Waals surface area contributed by atoms with E-state index < -0.39 is 11.8 Å². The van der Waals surface area contributed by atoms with Crippen LogP contribution in [0.5, 0.6) is 11.5 Å². The lowest BCUT2D eigenvalue weighted by molar-refractivity contribution is -0.117. The van der Waals surface area contributed by atoms with E-state index in [4.69, 9.17) is 11.6 Å². The summed E-state index contributed by atoms with van der Waals surface area (Å²) in [6.07, 6.45) is 2.83. The van der Waals surface area contributed by atoms with Crippen LogP contribution < -0.4 is 15.6 Å². The van der Waals surface area contributed by atoms with Crippen LogP contribution in [0, 0.1) is 0 Å². The summed E-state index contributed by atoms with van der Waals surface area (Å²) in [6, 6.07) is 18.2. The van der Waals surface area contributed by atoms with E-state index in [0.29, 0.717) is 11.1 Å². The van der Waals surface area contributed by atoms with Gasteiger partial charge < -0.3 is 20.4 Å². The van der Waals surface area contributed by atoms with Crippen molar-refractivity contribution in [1.29, 1.82) is 0 Å². The van der Waals surface area contributed by atoms with Crippen molar-refractivity contribution in [3.63, 3.8) is 0 Å². The van der Waals surface area contributed by atoms with Crippen LogP contribution in [0.4, 0.5) is 5.69 Å². The zero-order valence-corrected chi connectivity index (χ0v) is 20.7. The van der Waals surface area contributed by atoms with Crippen molar-refractivity contribution in [3.05, 3.63) is 94.1 Å². The molecule has 36 heavy (non-hydrogen) atoms. The number of phenols is 2. The molecule has 0 aliphatic heterocycles. The molecule has 9 heteroatoms. The maximum absolute atomic E-state index is 12.9. The molecule has 0 fully saturated rings. The predicted octanol–water partition coefficient (Wildman–Crippen LogP) is 4.52. The largest absolute Gasteiger partial charge is 0.504 e. The molecule has 0 radical (unpaired) electrons. The minimum Gasteiger partial charge on any atom is -0.504 e. The second kappa shape index (κ2) is 12.4. The van der Waals surface area contributed by atoms with Crippen molar-refractivity contribution < 1.29 is 19.8 Å². The van der Waals surface area contributed by atoms with Gasteiger partial charge in [-0.3, -0.25) is 9.59 Å². The molecule has 4 N–H and O–H groups in total. The van der Waals surface area contributed by atoms with E-state index in [1.165, 1.54) is 30.5 Å². The van der Waals surface area contributed by atoms with Gasteiger partial charge in [-0.05, 0) is 73.5 Å². The van der Waals surface area contributed by atoms with Crippen LogP contribution in [0.2, 0.25) is 5.02 Å². The Bertz CT molecular complexity index is 1290. The Morgan fingerprint density at radius 1 is 0.944 bits per heavy atom. The SMILES string of the molecule is CCN(CC)c1ccc(C=C(NC(=O)c2ccccc2Cl)C(=O)N/N=C/c2ccc(O)c(O)c2)cc1. The fourth-order valence-electron chi connectivity index (χ4n) is 3.38. The summed E-state index contributed by atoms with van der Waals surface area (Å²) < 4.78 is 0. The predicted molar refractivity (Wildman–Crippen MR) is 142 cm³/mol. The highest BCUT2D eigenvalue weighted by atomic mass is 35.5. The lowest BCUT2D eigenvalue weighted by Crippen LogP contribution is -2.33. The molecule has 0 heterocycles. The molecule has 8 nitrogen and oxygen atoms in total. The van der Waals surface area contributed by atoms with E-state index in [1.807, 2.05) is 24.3 Å². The number of carbonyl (C=O) groups is 2. The smallest absolute Gasteiger partial charge is 0.287 e. The van der Waals surface area contributed by atoms with Crippen LogP contribution >= 0.6 is 11.6 Å². The maximum atomic E-state index is 12.9. The second-order valence-electron chi connectivity index (χ2n) is 7.70. The third kappa shape index (κ3) is 6.86. The molecule has 2 amide bonds. The molecular weight excluding hydrogens is 480 g/mol. The number of carbonyl (C=O) groups excluding carboxylic acids is 2. The van der Waals surface area contributed by atoms with Crippen molar-refractivity contribution in [3.8, 4) is 11.5 Å². The number of hydrogen-bond donors (Lipinski definition) is 4. The minimum absolute atomic E-state index is 0.0405. The number of halogens is 1. The average Bonchev–Trinajstić information content (AvgIpc) is 2.87. The van der Waals surface area contributed by atoms with Gasteiger partial charge >= 0.3 is 0 Å². The van der Waals surface area contributed by atoms with Gasteiger partial charge in [-0.25, -0.2) is 5.43 Å². The Morgan fingerprint density at radius 2 is 1.61 bits per heavy atom. The van der Waals surface area contributed by atoms with Gasteiger partial charge in [0.1, 0.15) is 5.70 Å². The summed E-state index contributed by atoms with van der Waals surface area (Å²) in [5.41, 5.74) is 4.74. The van der Waals surface area contributed by atoms with Crippen molar-refractivity contribution in [2.75, 3.05) is 18.0 Å². The van der Waals surface area contributed by atoms with Gasteiger partial charge in [-0.15, -0.1) is 0 Å². The Morgan fingerprint density at radius 3 is 2.25 bits per heavy atom. The highest BCUT2D eigenvalue weighted by Crippen LogP contribution is 2.24. The molecule has 3 rings (SSSR count). The Hall–Kier alpha value is -4.30. The summed E-state index contributed by atoms with van der Waals surface area (Å²) in [7, 11) is 0. The molecule has 0 bridgehead atoms. The first kappa shape index (κ1) is 26.3. The standard InChI is InChI=1S/C27H27ClN4O4/c1-3-32(4-2)20-12-9-18(10-13-20)15-23(30-26(35)21-7-5-6-8-22(21)28)27(36)31-29-17-19-11-14-24(33)25(34)16-19/h5-17,33-34H,3-4H2,1-2H3,(H,30,35)(H,31,36)/b23-15?,29-17+.